The van der Waals surface area contributed by atoms with E-state index in [0.29, 0.717) is 20.1 Å². The molecule has 0 aliphatic carbocycles. The van der Waals surface area contributed by atoms with Gasteiger partial charge >= 0.3 is 6.18 Å². The number of para-hydroxylation sites is 1. The zero-order chi connectivity index (χ0) is 14.5. The summed E-state index contributed by atoms with van der Waals surface area (Å²) in [7, 11) is 0. The third kappa shape index (κ3) is 1.98. The molecule has 0 unspecified atom stereocenters. The molecule has 1 aromatic carbocycles. The Hall–Kier alpha value is -1.87. The van der Waals surface area contributed by atoms with Gasteiger partial charge in [0.15, 0.2) is 0 Å². The Morgan fingerprint density at radius 1 is 1.25 bits per heavy atom. The molecular weight excluding hydrogens is 315 g/mol. The molecule has 0 aliphatic rings. The van der Waals surface area contributed by atoms with Gasteiger partial charge in [0, 0.05) is 5.56 Å². The Morgan fingerprint density at radius 2 is 2.00 bits per heavy atom. The largest absolute Gasteiger partial charge is 0.453 e. The number of fused-ring (bicyclic) bond motifs is 1. The molecule has 0 aliphatic heterocycles. The van der Waals surface area contributed by atoms with E-state index in [0.717, 1.165) is 11.3 Å². The highest BCUT2D eigenvalue weighted by Gasteiger charge is 2.38. The van der Waals surface area contributed by atoms with Gasteiger partial charge < -0.3 is 5.73 Å². The summed E-state index contributed by atoms with van der Waals surface area (Å²) in [6.07, 6.45) is -4.62. The first-order chi connectivity index (χ1) is 9.38. The zero-order valence-electron chi connectivity index (χ0n) is 9.52. The number of hydrogen-bond acceptors (Lipinski definition) is 5. The van der Waals surface area contributed by atoms with Gasteiger partial charge in [0.25, 0.3) is 5.82 Å². The van der Waals surface area contributed by atoms with E-state index in [2.05, 4.69) is 15.3 Å². The lowest BCUT2D eigenvalue weighted by atomic mass is 10.2. The summed E-state index contributed by atoms with van der Waals surface area (Å²) in [4.78, 5) is 0.0340. The van der Waals surface area contributed by atoms with E-state index >= 15 is 0 Å². The Kier molecular flexibility index (Phi) is 2.83. The van der Waals surface area contributed by atoms with E-state index in [1.807, 2.05) is 0 Å². The lowest BCUT2D eigenvalue weighted by Gasteiger charge is -2.03. The first-order valence-corrected chi connectivity index (χ1v) is 6.41. The van der Waals surface area contributed by atoms with E-state index in [1.165, 1.54) is 0 Å². The van der Waals surface area contributed by atoms with Gasteiger partial charge in [-0.2, -0.15) is 22.8 Å². The second-order valence-corrected chi connectivity index (χ2v) is 5.19. The smallest absolute Gasteiger partial charge is 0.397 e. The highest BCUT2D eigenvalue weighted by molar-refractivity contribution is 7.19. The summed E-state index contributed by atoms with van der Waals surface area (Å²) in [5, 5.41) is 11.0. The monoisotopic (exact) mass is 319 g/mol. The zero-order valence-corrected chi connectivity index (χ0v) is 11.1. The number of rotatable bonds is 1. The normalized spacial score (nSPS) is 12.2. The van der Waals surface area contributed by atoms with Crippen molar-refractivity contribution in [1.29, 1.82) is 0 Å². The first-order valence-electron chi connectivity index (χ1n) is 5.21. The number of anilines is 1. The molecule has 0 fully saturated rings. The fourth-order valence-corrected chi connectivity index (χ4v) is 2.68. The molecular formula is C10H5ClF3N5S. The van der Waals surface area contributed by atoms with E-state index in [1.54, 1.807) is 18.2 Å². The minimum absolute atomic E-state index is 0.0340. The molecule has 3 rings (SSSR count). The highest BCUT2D eigenvalue weighted by Crippen LogP contribution is 2.35. The number of alkyl halides is 3. The van der Waals surface area contributed by atoms with Gasteiger partial charge in [-0.15, -0.1) is 10.2 Å². The molecule has 0 saturated carbocycles. The molecule has 0 bridgehead atoms. The molecule has 5 nitrogen and oxygen atoms in total. The minimum Gasteiger partial charge on any atom is -0.397 e. The number of nitrogens with two attached hydrogens (primary N) is 1. The maximum Gasteiger partial charge on any atom is 0.453 e. The summed E-state index contributed by atoms with van der Waals surface area (Å²) in [6, 6.07) is 4.85. The first kappa shape index (κ1) is 13.1. The van der Waals surface area contributed by atoms with Crippen LogP contribution >= 0.6 is 22.9 Å². The third-order valence-corrected chi connectivity index (χ3v) is 3.79. The van der Waals surface area contributed by atoms with Crippen LogP contribution < -0.4 is 5.73 Å². The molecule has 2 aromatic heterocycles. The lowest BCUT2D eigenvalue weighted by molar-refractivity contribution is -0.146. The average Bonchev–Trinajstić information content (AvgIpc) is 2.90. The van der Waals surface area contributed by atoms with Gasteiger partial charge in [0.2, 0.25) is 4.96 Å². The Bertz CT molecular complexity index is 794. The van der Waals surface area contributed by atoms with Gasteiger partial charge in [-0.1, -0.05) is 29.0 Å². The standard InChI is InChI=1S/C10H5ClF3N5S/c11-5-3-1-2-4(6(5)15)7-18-19-8(10(12,13)14)16-17-9(19)20-7/h1-3H,15H2. The van der Waals surface area contributed by atoms with Gasteiger partial charge in [0.05, 0.1) is 10.7 Å². The molecule has 2 heterocycles. The van der Waals surface area contributed by atoms with Crippen LogP contribution in [-0.2, 0) is 6.18 Å². The molecule has 3 aromatic rings. The van der Waals surface area contributed by atoms with Crippen LogP contribution in [0.1, 0.15) is 5.82 Å². The van der Waals surface area contributed by atoms with Crippen molar-refractivity contribution in [3.8, 4) is 10.6 Å². The molecule has 0 atom stereocenters. The predicted octanol–water partition coefficient (Wildman–Crippen LogP) is 3.11. The topological polar surface area (TPSA) is 69.1 Å². The number of nitrogens with zero attached hydrogens (tertiary/aromatic N) is 4. The van der Waals surface area contributed by atoms with Crippen LogP contribution in [0.2, 0.25) is 5.02 Å². The van der Waals surface area contributed by atoms with Crippen LogP contribution in [0.4, 0.5) is 18.9 Å². The molecule has 0 radical (unpaired) electrons. The fraction of sp³-hybridized carbons (Fsp3) is 0.100. The summed E-state index contributed by atoms with van der Waals surface area (Å²) in [6.45, 7) is 0. The molecule has 2 N–H and O–H groups in total. The minimum atomic E-state index is -4.62. The quantitative estimate of drug-likeness (QED) is 0.700. The Morgan fingerprint density at radius 3 is 2.70 bits per heavy atom. The molecule has 0 saturated heterocycles. The van der Waals surface area contributed by atoms with Gasteiger partial charge in [-0.3, -0.25) is 0 Å². The number of benzene rings is 1. The van der Waals surface area contributed by atoms with E-state index in [9.17, 15) is 13.2 Å². The van der Waals surface area contributed by atoms with Gasteiger partial charge in [-0.25, -0.2) is 0 Å². The number of halogens is 4. The summed E-state index contributed by atoms with van der Waals surface area (Å²) < 4.78 is 38.8. The van der Waals surface area contributed by atoms with Crippen LogP contribution in [0.5, 0.6) is 0 Å². The van der Waals surface area contributed by atoms with Crippen molar-refractivity contribution >= 4 is 33.6 Å². The lowest BCUT2D eigenvalue weighted by Crippen LogP contribution is -2.11. The van der Waals surface area contributed by atoms with Crippen molar-refractivity contribution in [3.05, 3.63) is 29.0 Å². The average molecular weight is 320 g/mol. The summed E-state index contributed by atoms with van der Waals surface area (Å²) in [5.41, 5.74) is 6.51. The van der Waals surface area contributed by atoms with Crippen LogP contribution in [0.25, 0.3) is 15.5 Å². The summed E-state index contributed by atoms with van der Waals surface area (Å²) >= 11 is 6.83. The van der Waals surface area contributed by atoms with Crippen molar-refractivity contribution in [1.82, 2.24) is 19.8 Å². The van der Waals surface area contributed by atoms with Crippen LogP contribution in [-0.4, -0.2) is 19.8 Å². The second kappa shape index (κ2) is 4.32. The maximum atomic E-state index is 12.7. The highest BCUT2D eigenvalue weighted by atomic mass is 35.5. The van der Waals surface area contributed by atoms with Crippen LogP contribution in [0.3, 0.4) is 0 Å². The number of hydrogen-bond donors (Lipinski definition) is 1. The second-order valence-electron chi connectivity index (χ2n) is 3.82. The molecule has 10 heteroatoms. The Balaban J connectivity index is 2.19. The third-order valence-electron chi connectivity index (χ3n) is 2.53. The van der Waals surface area contributed by atoms with Gasteiger partial charge in [-0.05, 0) is 12.1 Å². The number of nitrogen functional groups attached to an aromatic ring is 1. The predicted molar refractivity (Wildman–Crippen MR) is 68.5 cm³/mol. The maximum absolute atomic E-state index is 12.7. The SMILES string of the molecule is Nc1c(Cl)cccc1-c1nn2c(C(F)(F)F)nnc2s1. The van der Waals surface area contributed by atoms with Crippen molar-refractivity contribution in [2.24, 2.45) is 0 Å². The number of aromatic nitrogens is 4. The van der Waals surface area contributed by atoms with Crippen molar-refractivity contribution in [2.45, 2.75) is 6.18 Å². The molecule has 0 amide bonds. The molecule has 0 spiro atoms. The van der Waals surface area contributed by atoms with Crippen molar-refractivity contribution < 1.29 is 13.2 Å². The van der Waals surface area contributed by atoms with Crippen LogP contribution in [0.15, 0.2) is 18.2 Å². The summed E-state index contributed by atoms with van der Waals surface area (Å²) in [5.74, 6) is -1.17. The molecule has 20 heavy (non-hydrogen) atoms. The molecule has 104 valence electrons. The van der Waals surface area contributed by atoms with E-state index < -0.39 is 12.0 Å². The van der Waals surface area contributed by atoms with Crippen molar-refractivity contribution in [3.63, 3.8) is 0 Å². The Labute approximate surface area is 118 Å². The van der Waals surface area contributed by atoms with Crippen LogP contribution in [0, 0.1) is 0 Å². The van der Waals surface area contributed by atoms with E-state index in [4.69, 9.17) is 17.3 Å². The fourth-order valence-electron chi connectivity index (χ4n) is 1.63. The van der Waals surface area contributed by atoms with Crippen molar-refractivity contribution in [2.75, 3.05) is 5.73 Å². The van der Waals surface area contributed by atoms with E-state index in [-0.39, 0.29) is 10.6 Å². The van der Waals surface area contributed by atoms with Gasteiger partial charge in [0.1, 0.15) is 5.01 Å².